The van der Waals surface area contributed by atoms with E-state index >= 15 is 0 Å². The minimum atomic E-state index is -0.936. The number of carboxylic acids is 1. The van der Waals surface area contributed by atoms with E-state index in [1.807, 2.05) is 0 Å². The Morgan fingerprint density at radius 3 is 2.76 bits per heavy atom. The molecule has 2 rings (SSSR count). The largest absolute Gasteiger partial charge is 0.481 e. The van der Waals surface area contributed by atoms with Crippen molar-refractivity contribution in [3.63, 3.8) is 0 Å². The van der Waals surface area contributed by atoms with Gasteiger partial charge in [-0.2, -0.15) is 0 Å². The number of hydrogen-bond donors (Lipinski definition) is 2. The number of carbonyl (C=O) groups is 2. The highest BCUT2D eigenvalue weighted by molar-refractivity contribution is 5.78. The quantitative estimate of drug-likeness (QED) is 0.876. The van der Waals surface area contributed by atoms with Crippen LogP contribution < -0.4 is 5.32 Å². The van der Waals surface area contributed by atoms with Crippen molar-refractivity contribution in [2.75, 3.05) is 0 Å². The van der Waals surface area contributed by atoms with Gasteiger partial charge >= 0.3 is 5.97 Å². The lowest BCUT2D eigenvalue weighted by Crippen LogP contribution is -2.40. The van der Waals surface area contributed by atoms with Gasteiger partial charge in [-0.3, -0.25) is 9.59 Å². The predicted octanol–water partition coefficient (Wildman–Crippen LogP) is 2.27. The van der Waals surface area contributed by atoms with E-state index in [0.717, 1.165) is 12.5 Å². The fourth-order valence-corrected chi connectivity index (χ4v) is 2.70. The van der Waals surface area contributed by atoms with E-state index in [2.05, 4.69) is 5.32 Å². The van der Waals surface area contributed by atoms with Crippen LogP contribution in [0.3, 0.4) is 0 Å². The van der Waals surface area contributed by atoms with Crippen LogP contribution in [0.15, 0.2) is 18.2 Å². The minimum Gasteiger partial charge on any atom is -0.481 e. The summed E-state index contributed by atoms with van der Waals surface area (Å²) in [6.45, 7) is 0. The highest BCUT2D eigenvalue weighted by Crippen LogP contribution is 2.26. The zero-order valence-electron chi connectivity index (χ0n) is 11.4. The fraction of sp³-hybridized carbons (Fsp3) is 0.467. The molecule has 0 unspecified atom stereocenters. The maximum absolute atomic E-state index is 13.4. The zero-order chi connectivity index (χ0) is 15.4. The van der Waals surface area contributed by atoms with Gasteiger partial charge in [-0.05, 0) is 30.9 Å². The summed E-state index contributed by atoms with van der Waals surface area (Å²) < 4.78 is 26.5. The van der Waals surface area contributed by atoms with Crippen molar-refractivity contribution < 1.29 is 23.5 Å². The van der Waals surface area contributed by atoms with Gasteiger partial charge in [0, 0.05) is 12.5 Å². The van der Waals surface area contributed by atoms with Crippen molar-refractivity contribution in [3.8, 4) is 0 Å². The van der Waals surface area contributed by atoms with Gasteiger partial charge in [-0.25, -0.2) is 8.78 Å². The Morgan fingerprint density at radius 2 is 2.05 bits per heavy atom. The zero-order valence-corrected chi connectivity index (χ0v) is 11.4. The van der Waals surface area contributed by atoms with Crippen molar-refractivity contribution in [1.29, 1.82) is 0 Å². The summed E-state index contributed by atoms with van der Waals surface area (Å²) in [6, 6.07) is 3.48. The van der Waals surface area contributed by atoms with E-state index in [9.17, 15) is 18.4 Å². The Labute approximate surface area is 121 Å². The van der Waals surface area contributed by atoms with E-state index in [1.54, 1.807) is 0 Å². The molecule has 0 aromatic heterocycles. The first-order valence-electron chi connectivity index (χ1n) is 6.94. The molecule has 114 valence electrons. The molecule has 1 aliphatic carbocycles. The summed E-state index contributed by atoms with van der Waals surface area (Å²) in [5.41, 5.74) is 0.145. The molecule has 0 bridgehead atoms. The van der Waals surface area contributed by atoms with Crippen molar-refractivity contribution in [2.45, 2.75) is 38.1 Å². The molecule has 4 nitrogen and oxygen atoms in total. The average Bonchev–Trinajstić information content (AvgIpc) is 2.88. The van der Waals surface area contributed by atoms with Crippen LogP contribution in [-0.2, 0) is 16.0 Å². The Morgan fingerprint density at radius 1 is 1.29 bits per heavy atom. The molecule has 2 atom stereocenters. The van der Waals surface area contributed by atoms with Gasteiger partial charge in [0.2, 0.25) is 5.91 Å². The van der Waals surface area contributed by atoms with Crippen LogP contribution in [0.1, 0.15) is 31.2 Å². The number of aryl methyl sites for hydroxylation is 1. The normalized spacial score (nSPS) is 21.2. The van der Waals surface area contributed by atoms with Crippen LogP contribution in [0.2, 0.25) is 0 Å². The van der Waals surface area contributed by atoms with Gasteiger partial charge in [0.25, 0.3) is 0 Å². The van der Waals surface area contributed by atoms with E-state index in [0.29, 0.717) is 12.8 Å². The number of carbonyl (C=O) groups excluding carboxylic acids is 1. The number of rotatable bonds is 5. The monoisotopic (exact) mass is 297 g/mol. The first-order chi connectivity index (χ1) is 9.99. The lowest BCUT2D eigenvalue weighted by Gasteiger charge is -2.17. The molecule has 1 saturated carbocycles. The molecule has 1 aromatic rings. The number of amides is 1. The Kier molecular flexibility index (Phi) is 4.88. The van der Waals surface area contributed by atoms with Gasteiger partial charge in [0.15, 0.2) is 11.6 Å². The average molecular weight is 297 g/mol. The maximum atomic E-state index is 13.4. The third-order valence-corrected chi connectivity index (χ3v) is 3.83. The van der Waals surface area contributed by atoms with Crippen LogP contribution in [0.4, 0.5) is 8.78 Å². The lowest BCUT2D eigenvalue weighted by molar-refractivity contribution is -0.142. The highest BCUT2D eigenvalue weighted by atomic mass is 19.2. The Bertz CT molecular complexity index is 548. The van der Waals surface area contributed by atoms with E-state index in [1.165, 1.54) is 12.1 Å². The molecule has 1 fully saturated rings. The summed E-state index contributed by atoms with van der Waals surface area (Å²) in [5, 5.41) is 11.7. The van der Waals surface area contributed by atoms with Crippen molar-refractivity contribution in [2.24, 2.45) is 5.92 Å². The molecule has 1 amide bonds. The number of nitrogens with one attached hydrogen (secondary N) is 1. The molecule has 0 spiro atoms. The van der Waals surface area contributed by atoms with Crippen molar-refractivity contribution >= 4 is 11.9 Å². The van der Waals surface area contributed by atoms with E-state index in [4.69, 9.17) is 5.11 Å². The summed E-state index contributed by atoms with van der Waals surface area (Å²) >= 11 is 0. The second kappa shape index (κ2) is 6.65. The molecular weight excluding hydrogens is 280 g/mol. The van der Waals surface area contributed by atoms with E-state index in [-0.39, 0.29) is 30.4 Å². The Hall–Kier alpha value is -1.98. The highest BCUT2D eigenvalue weighted by Gasteiger charge is 2.33. The fourth-order valence-electron chi connectivity index (χ4n) is 2.70. The van der Waals surface area contributed by atoms with Gasteiger partial charge in [-0.15, -0.1) is 0 Å². The third kappa shape index (κ3) is 3.77. The van der Waals surface area contributed by atoms with Crippen LogP contribution in [0.25, 0.3) is 0 Å². The third-order valence-electron chi connectivity index (χ3n) is 3.83. The lowest BCUT2D eigenvalue weighted by atomic mass is 10.0. The van der Waals surface area contributed by atoms with Gasteiger partial charge in [-0.1, -0.05) is 18.6 Å². The predicted molar refractivity (Wildman–Crippen MR) is 71.6 cm³/mol. The molecule has 0 radical (unpaired) electrons. The molecule has 21 heavy (non-hydrogen) atoms. The second-order valence-corrected chi connectivity index (χ2v) is 5.26. The number of halogens is 2. The number of hydrogen-bond acceptors (Lipinski definition) is 2. The molecule has 0 aliphatic heterocycles. The van der Waals surface area contributed by atoms with Crippen LogP contribution in [0, 0.1) is 17.6 Å². The Balaban J connectivity index is 1.88. The smallest absolute Gasteiger partial charge is 0.308 e. The molecule has 0 saturated heterocycles. The van der Waals surface area contributed by atoms with Gasteiger partial charge in [0.05, 0.1) is 5.92 Å². The van der Waals surface area contributed by atoms with Crippen molar-refractivity contribution in [3.05, 3.63) is 35.4 Å². The first-order valence-corrected chi connectivity index (χ1v) is 6.94. The van der Waals surface area contributed by atoms with Gasteiger partial charge in [0.1, 0.15) is 0 Å². The standard InChI is InChI=1S/C15H17F2NO3/c16-11-5-1-3-9(14(11)17)7-8-13(19)18-12-6-2-4-10(12)15(20)21/h1,3,5,10,12H,2,4,6-8H2,(H,18,19)(H,20,21)/t10-,12+/m1/s1. The molecule has 6 heteroatoms. The molecule has 1 aromatic carbocycles. The summed E-state index contributed by atoms with van der Waals surface area (Å²) in [7, 11) is 0. The minimum absolute atomic E-state index is 0.00319. The van der Waals surface area contributed by atoms with Crippen LogP contribution in [0.5, 0.6) is 0 Å². The van der Waals surface area contributed by atoms with Gasteiger partial charge < -0.3 is 10.4 Å². The molecule has 0 heterocycles. The number of benzene rings is 1. The van der Waals surface area contributed by atoms with Crippen LogP contribution >= 0.6 is 0 Å². The topological polar surface area (TPSA) is 66.4 Å². The SMILES string of the molecule is O=C(CCc1cccc(F)c1F)N[C@H]1CCC[C@H]1C(=O)O. The molecular formula is C15H17F2NO3. The number of carboxylic acid groups (broad SMARTS) is 1. The van der Waals surface area contributed by atoms with Crippen molar-refractivity contribution in [1.82, 2.24) is 5.32 Å². The molecule has 2 N–H and O–H groups in total. The number of aliphatic carboxylic acids is 1. The summed E-state index contributed by atoms with van der Waals surface area (Å²) in [6.07, 6.45) is 2.04. The summed E-state index contributed by atoms with van der Waals surface area (Å²) in [4.78, 5) is 22.8. The second-order valence-electron chi connectivity index (χ2n) is 5.26. The van der Waals surface area contributed by atoms with E-state index < -0.39 is 23.5 Å². The first kappa shape index (κ1) is 15.4. The van der Waals surface area contributed by atoms with Crippen LogP contribution in [-0.4, -0.2) is 23.0 Å². The summed E-state index contributed by atoms with van der Waals surface area (Å²) in [5.74, 6) is -3.67. The maximum Gasteiger partial charge on any atom is 0.308 e. The molecule has 1 aliphatic rings.